The van der Waals surface area contributed by atoms with Crippen molar-refractivity contribution in [2.75, 3.05) is 0 Å². The minimum absolute atomic E-state index is 0.388. The summed E-state index contributed by atoms with van der Waals surface area (Å²) in [5.41, 5.74) is 0.827. The number of rotatable bonds is 2. The van der Waals surface area contributed by atoms with Crippen LogP contribution in [0, 0.1) is 16.7 Å². The summed E-state index contributed by atoms with van der Waals surface area (Å²) >= 11 is 0. The van der Waals surface area contributed by atoms with Crippen LogP contribution in [0.4, 0.5) is 0 Å². The minimum Gasteiger partial charge on any atom is -0.303 e. The van der Waals surface area contributed by atoms with Crippen LogP contribution < -0.4 is 0 Å². The van der Waals surface area contributed by atoms with Gasteiger partial charge in [0.1, 0.15) is 6.29 Å². The third-order valence-electron chi connectivity index (χ3n) is 4.80. The lowest BCUT2D eigenvalue weighted by Gasteiger charge is -2.36. The number of fused-ring (bicyclic) bond motifs is 2. The molecule has 1 nitrogen and oxygen atoms in total. The molecule has 12 heavy (non-hydrogen) atoms. The van der Waals surface area contributed by atoms with Gasteiger partial charge in [-0.25, -0.2) is 0 Å². The molecule has 0 aromatic rings. The highest BCUT2D eigenvalue weighted by molar-refractivity contribution is 5.51. The third-order valence-corrected chi connectivity index (χ3v) is 4.80. The van der Waals surface area contributed by atoms with E-state index >= 15 is 0 Å². The molecular weight excluding hydrogens is 148 g/mol. The monoisotopic (exact) mass is 166 g/mol. The standard InChI is InChI=1S/C11H18O/c1-10(2)9-3-5-11(10,6-4-9)7-8-12/h8-9H,3-7H2,1-2H3. The van der Waals surface area contributed by atoms with Gasteiger partial charge < -0.3 is 4.79 Å². The second-order valence-corrected chi connectivity index (χ2v) is 5.15. The first-order valence-corrected chi connectivity index (χ1v) is 5.06. The van der Waals surface area contributed by atoms with Gasteiger partial charge in [0, 0.05) is 6.42 Å². The van der Waals surface area contributed by atoms with Crippen molar-refractivity contribution in [3.63, 3.8) is 0 Å². The highest BCUT2D eigenvalue weighted by Gasteiger charge is 2.58. The summed E-state index contributed by atoms with van der Waals surface area (Å²) in [6, 6.07) is 0. The van der Waals surface area contributed by atoms with E-state index in [0.29, 0.717) is 10.8 Å². The lowest BCUT2D eigenvalue weighted by Crippen LogP contribution is -2.30. The van der Waals surface area contributed by atoms with E-state index in [4.69, 9.17) is 0 Å². The Morgan fingerprint density at radius 2 is 1.92 bits per heavy atom. The summed E-state index contributed by atoms with van der Waals surface area (Å²) in [5, 5.41) is 0. The van der Waals surface area contributed by atoms with Gasteiger partial charge in [0.05, 0.1) is 0 Å². The van der Waals surface area contributed by atoms with Gasteiger partial charge in [0.2, 0.25) is 0 Å². The Hall–Kier alpha value is -0.330. The molecule has 2 aliphatic rings. The average molecular weight is 166 g/mol. The van der Waals surface area contributed by atoms with Crippen LogP contribution in [0.3, 0.4) is 0 Å². The van der Waals surface area contributed by atoms with Crippen LogP contribution in [0.2, 0.25) is 0 Å². The predicted octanol–water partition coefficient (Wildman–Crippen LogP) is 2.79. The molecule has 0 unspecified atom stereocenters. The van der Waals surface area contributed by atoms with Crippen LogP contribution in [0.1, 0.15) is 46.0 Å². The number of aldehydes is 1. The zero-order valence-electron chi connectivity index (χ0n) is 8.10. The Kier molecular flexibility index (Phi) is 1.61. The normalized spacial score (nSPS) is 43.3. The maximum Gasteiger partial charge on any atom is 0.120 e. The quantitative estimate of drug-likeness (QED) is 0.576. The molecule has 1 heteroatoms. The fourth-order valence-electron chi connectivity index (χ4n) is 3.60. The molecular formula is C11H18O. The molecule has 0 atom stereocenters. The summed E-state index contributed by atoms with van der Waals surface area (Å²) in [5.74, 6) is 0.900. The van der Waals surface area contributed by atoms with Gasteiger partial charge in [-0.15, -0.1) is 0 Å². The van der Waals surface area contributed by atoms with E-state index < -0.39 is 0 Å². The van der Waals surface area contributed by atoms with Gasteiger partial charge in [0.25, 0.3) is 0 Å². The highest BCUT2D eigenvalue weighted by atomic mass is 16.1. The van der Waals surface area contributed by atoms with E-state index in [0.717, 1.165) is 18.6 Å². The van der Waals surface area contributed by atoms with E-state index in [2.05, 4.69) is 13.8 Å². The number of carbonyl (C=O) groups excluding carboxylic acids is 1. The summed E-state index contributed by atoms with van der Waals surface area (Å²) < 4.78 is 0. The molecule has 2 bridgehead atoms. The van der Waals surface area contributed by atoms with Gasteiger partial charge in [-0.3, -0.25) is 0 Å². The molecule has 2 aliphatic carbocycles. The van der Waals surface area contributed by atoms with E-state index in [1.165, 1.54) is 25.7 Å². The molecule has 0 radical (unpaired) electrons. The fourth-order valence-corrected chi connectivity index (χ4v) is 3.60. The molecule has 2 fully saturated rings. The largest absolute Gasteiger partial charge is 0.303 e. The van der Waals surface area contributed by atoms with Crippen molar-refractivity contribution in [2.24, 2.45) is 16.7 Å². The molecule has 0 aromatic carbocycles. The van der Waals surface area contributed by atoms with Gasteiger partial charge in [-0.1, -0.05) is 13.8 Å². The van der Waals surface area contributed by atoms with Gasteiger partial charge in [-0.2, -0.15) is 0 Å². The molecule has 2 rings (SSSR count). The van der Waals surface area contributed by atoms with Gasteiger partial charge >= 0.3 is 0 Å². The van der Waals surface area contributed by atoms with E-state index in [9.17, 15) is 4.79 Å². The Morgan fingerprint density at radius 1 is 1.33 bits per heavy atom. The first-order chi connectivity index (χ1) is 5.62. The SMILES string of the molecule is CC1(C)C2CCC1(CC=O)CC2. The lowest BCUT2D eigenvalue weighted by molar-refractivity contribution is -0.111. The number of carbonyl (C=O) groups is 1. The first kappa shape index (κ1) is 8.28. The van der Waals surface area contributed by atoms with Crippen molar-refractivity contribution in [3.05, 3.63) is 0 Å². The van der Waals surface area contributed by atoms with Crippen LogP contribution in [0.25, 0.3) is 0 Å². The summed E-state index contributed by atoms with van der Waals surface area (Å²) in [6.07, 6.45) is 7.25. The summed E-state index contributed by atoms with van der Waals surface area (Å²) in [4.78, 5) is 10.6. The third kappa shape index (κ3) is 0.773. The van der Waals surface area contributed by atoms with Crippen molar-refractivity contribution in [1.82, 2.24) is 0 Å². The zero-order valence-corrected chi connectivity index (χ0v) is 8.10. The molecule has 0 spiro atoms. The van der Waals surface area contributed by atoms with Crippen LogP contribution in [0.15, 0.2) is 0 Å². The van der Waals surface area contributed by atoms with Crippen molar-refractivity contribution in [3.8, 4) is 0 Å². The average Bonchev–Trinajstić information content (AvgIpc) is 2.39. The minimum atomic E-state index is 0.388. The maximum atomic E-state index is 10.6. The summed E-state index contributed by atoms with van der Waals surface area (Å²) in [6.45, 7) is 4.72. The van der Waals surface area contributed by atoms with Gasteiger partial charge in [-0.05, 0) is 42.4 Å². The van der Waals surface area contributed by atoms with Gasteiger partial charge in [0.15, 0.2) is 0 Å². The van der Waals surface area contributed by atoms with Crippen molar-refractivity contribution in [1.29, 1.82) is 0 Å². The Labute approximate surface area is 74.5 Å². The van der Waals surface area contributed by atoms with Crippen molar-refractivity contribution >= 4 is 6.29 Å². The molecule has 0 aromatic heterocycles. The molecule has 0 heterocycles. The topological polar surface area (TPSA) is 17.1 Å². The Bertz CT molecular complexity index is 197. The Balaban J connectivity index is 2.29. The summed E-state index contributed by atoms with van der Waals surface area (Å²) in [7, 11) is 0. The maximum absolute atomic E-state index is 10.6. The van der Waals surface area contributed by atoms with E-state index in [1.54, 1.807) is 0 Å². The molecule has 0 amide bonds. The first-order valence-electron chi connectivity index (χ1n) is 5.06. The van der Waals surface area contributed by atoms with E-state index in [1.807, 2.05) is 0 Å². The smallest absolute Gasteiger partial charge is 0.120 e. The highest BCUT2D eigenvalue weighted by Crippen LogP contribution is 2.66. The van der Waals surface area contributed by atoms with Crippen molar-refractivity contribution in [2.45, 2.75) is 46.0 Å². The predicted molar refractivity (Wildman–Crippen MR) is 48.9 cm³/mol. The second-order valence-electron chi connectivity index (χ2n) is 5.15. The van der Waals surface area contributed by atoms with Crippen LogP contribution in [-0.4, -0.2) is 6.29 Å². The second kappa shape index (κ2) is 2.34. The molecule has 0 saturated heterocycles. The molecule has 0 N–H and O–H groups in total. The number of hydrogen-bond acceptors (Lipinski definition) is 1. The lowest BCUT2D eigenvalue weighted by atomic mass is 9.68. The molecule has 2 saturated carbocycles. The Morgan fingerprint density at radius 3 is 2.25 bits per heavy atom. The fraction of sp³-hybridized carbons (Fsp3) is 0.909. The molecule has 0 aliphatic heterocycles. The zero-order chi connectivity index (χ0) is 8.82. The van der Waals surface area contributed by atoms with Crippen molar-refractivity contribution < 1.29 is 4.79 Å². The van der Waals surface area contributed by atoms with E-state index in [-0.39, 0.29) is 0 Å². The van der Waals surface area contributed by atoms with Crippen LogP contribution in [-0.2, 0) is 4.79 Å². The van der Waals surface area contributed by atoms with Crippen LogP contribution in [0.5, 0.6) is 0 Å². The molecule has 68 valence electrons. The number of hydrogen-bond donors (Lipinski definition) is 0. The van der Waals surface area contributed by atoms with Crippen LogP contribution >= 0.6 is 0 Å².